The maximum absolute atomic E-state index is 12.5. The molecule has 0 saturated heterocycles. The van der Waals surface area contributed by atoms with Crippen LogP contribution in [0.5, 0.6) is 11.5 Å². The minimum absolute atomic E-state index is 0.108. The average Bonchev–Trinajstić information content (AvgIpc) is 3.34. The fourth-order valence-electron chi connectivity index (χ4n) is 3.88. The van der Waals surface area contributed by atoms with Gasteiger partial charge in [-0.15, -0.1) is 13.2 Å². The van der Waals surface area contributed by atoms with E-state index in [0.29, 0.717) is 74.2 Å². The Morgan fingerprint density at radius 1 is 1.10 bits per heavy atom. The number of halogens is 3. The van der Waals surface area contributed by atoms with Crippen molar-refractivity contribution in [1.82, 2.24) is 5.32 Å². The largest absolute Gasteiger partial charge is 0.573 e. The molecule has 1 unspecified atom stereocenters. The molecule has 0 aliphatic carbocycles. The molecule has 0 aromatic heterocycles. The van der Waals surface area contributed by atoms with Crippen LogP contribution in [-0.4, -0.2) is 61.7 Å². The van der Waals surface area contributed by atoms with E-state index in [4.69, 9.17) is 20.1 Å². The number of fused-ring (bicyclic) bond motifs is 1. The van der Waals surface area contributed by atoms with Crippen molar-refractivity contribution < 1.29 is 56.0 Å². The highest BCUT2D eigenvalue weighted by molar-refractivity contribution is 7.89. The Morgan fingerprint density at radius 2 is 1.76 bits per heavy atom. The summed E-state index contributed by atoms with van der Waals surface area (Å²) in [7, 11) is -3.97. The lowest BCUT2D eigenvalue weighted by atomic mass is 10.0. The van der Waals surface area contributed by atoms with E-state index in [1.54, 1.807) is 18.2 Å². The van der Waals surface area contributed by atoms with Gasteiger partial charge >= 0.3 is 18.3 Å². The molecular weight excluding hydrogens is 573 g/mol. The highest BCUT2D eigenvalue weighted by atomic mass is 32.2. The molecule has 41 heavy (non-hydrogen) atoms. The van der Waals surface area contributed by atoms with Crippen molar-refractivity contribution >= 4 is 22.0 Å². The van der Waals surface area contributed by atoms with Gasteiger partial charge in [-0.25, -0.2) is 23.1 Å². The number of para-hydroxylation sites is 1. The number of sulfonamides is 1. The van der Waals surface area contributed by atoms with Gasteiger partial charge in [-0.05, 0) is 73.7 Å². The maximum atomic E-state index is 12.5. The Morgan fingerprint density at radius 3 is 2.37 bits per heavy atom. The predicted octanol–water partition coefficient (Wildman–Crippen LogP) is 2.92. The van der Waals surface area contributed by atoms with E-state index in [1.165, 1.54) is 18.2 Å². The van der Waals surface area contributed by atoms with Crippen LogP contribution in [0.1, 0.15) is 42.1 Å². The fraction of sp³-hybridized carbons (Fsp3) is 0.385. The number of aliphatic carboxylic acids is 2. The van der Waals surface area contributed by atoms with Crippen molar-refractivity contribution in [3.8, 4) is 11.5 Å². The van der Waals surface area contributed by atoms with Crippen molar-refractivity contribution in [2.45, 2.75) is 49.5 Å². The SMILES string of the molecule is NS(=O)(=O)c1cc(C(O)CCCCNCCc2ccccc2OC(F)(F)F)cc2c1OCC2.O=C(O)C=CC(=O)O. The number of nitrogens with one attached hydrogen (secondary N) is 1. The van der Waals surface area contributed by atoms with Crippen LogP contribution in [0.15, 0.2) is 53.4 Å². The van der Waals surface area contributed by atoms with Gasteiger partial charge in [-0.1, -0.05) is 18.2 Å². The second kappa shape index (κ2) is 15.4. The Kier molecular flexibility index (Phi) is 12.6. The number of carbonyl (C=O) groups is 2. The van der Waals surface area contributed by atoms with Gasteiger partial charge in [-0.2, -0.15) is 0 Å². The van der Waals surface area contributed by atoms with Crippen LogP contribution in [0, 0.1) is 0 Å². The molecule has 0 amide bonds. The van der Waals surface area contributed by atoms with E-state index >= 15 is 0 Å². The zero-order chi connectivity index (χ0) is 30.6. The number of hydrogen-bond donors (Lipinski definition) is 5. The number of aliphatic hydroxyl groups is 1. The van der Waals surface area contributed by atoms with Crippen LogP contribution < -0.4 is 19.9 Å². The van der Waals surface area contributed by atoms with Gasteiger partial charge in [0.2, 0.25) is 10.0 Å². The molecule has 2 aromatic carbocycles. The van der Waals surface area contributed by atoms with Crippen molar-refractivity contribution in [3.05, 3.63) is 65.2 Å². The number of primary sulfonamides is 1. The number of nitrogens with two attached hydrogens (primary N) is 1. The number of unbranched alkanes of at least 4 members (excludes halogenated alkanes) is 1. The third kappa shape index (κ3) is 12.2. The minimum atomic E-state index is -4.73. The summed E-state index contributed by atoms with van der Waals surface area (Å²) in [5.41, 5.74) is 1.66. The first-order valence-electron chi connectivity index (χ1n) is 12.4. The van der Waals surface area contributed by atoms with Crippen molar-refractivity contribution in [2.75, 3.05) is 19.7 Å². The van der Waals surface area contributed by atoms with Gasteiger partial charge < -0.3 is 30.1 Å². The lowest BCUT2D eigenvalue weighted by Gasteiger charge is -2.15. The summed E-state index contributed by atoms with van der Waals surface area (Å²) in [5, 5.41) is 34.6. The van der Waals surface area contributed by atoms with Gasteiger partial charge in [-0.3, -0.25) is 0 Å². The zero-order valence-electron chi connectivity index (χ0n) is 21.8. The standard InChI is InChI=1S/C22H27F3N2O5S.C4H4O4/c23-22(24,25)32-19-7-2-1-5-15(19)8-11-27-10-4-3-6-18(28)17-13-16-9-12-31-21(16)20(14-17)33(26,29)30;5-3(6)1-2-4(7)8/h1-2,5,7,13-14,18,27-28H,3-4,6,8-12H2,(H2,26,29,30);1-2H,(H,5,6)(H,7,8). The summed E-state index contributed by atoms with van der Waals surface area (Å²) in [6, 6.07) is 9.14. The van der Waals surface area contributed by atoms with E-state index in [9.17, 15) is 36.3 Å². The monoisotopic (exact) mass is 604 g/mol. The van der Waals surface area contributed by atoms with Gasteiger partial charge in [0.1, 0.15) is 16.4 Å². The van der Waals surface area contributed by atoms with Crippen LogP contribution >= 0.6 is 0 Å². The number of carboxylic acid groups (broad SMARTS) is 2. The fourth-order valence-corrected chi connectivity index (χ4v) is 4.63. The van der Waals surface area contributed by atoms with Crippen LogP contribution in [0.4, 0.5) is 13.2 Å². The minimum Gasteiger partial charge on any atom is -0.492 e. The molecule has 0 spiro atoms. The molecule has 11 nitrogen and oxygen atoms in total. The van der Waals surface area contributed by atoms with Crippen LogP contribution in [0.2, 0.25) is 0 Å². The van der Waals surface area contributed by atoms with Crippen molar-refractivity contribution in [3.63, 3.8) is 0 Å². The van der Waals surface area contributed by atoms with E-state index in [-0.39, 0.29) is 16.4 Å². The molecule has 3 rings (SSSR count). The first-order valence-corrected chi connectivity index (χ1v) is 13.9. The molecule has 2 aromatic rings. The molecule has 0 radical (unpaired) electrons. The summed E-state index contributed by atoms with van der Waals surface area (Å²) in [4.78, 5) is 19.0. The lowest BCUT2D eigenvalue weighted by Crippen LogP contribution is -2.21. The third-order valence-electron chi connectivity index (χ3n) is 5.68. The van der Waals surface area contributed by atoms with Gasteiger partial charge in [0, 0.05) is 18.6 Å². The zero-order valence-corrected chi connectivity index (χ0v) is 22.6. The summed E-state index contributed by atoms with van der Waals surface area (Å²) in [6.07, 6.45) is -1.71. The molecule has 1 atom stereocenters. The molecule has 1 heterocycles. The maximum Gasteiger partial charge on any atom is 0.573 e. The van der Waals surface area contributed by atoms with Gasteiger partial charge in [0.05, 0.1) is 12.7 Å². The van der Waals surface area contributed by atoms with E-state index in [2.05, 4.69) is 10.1 Å². The van der Waals surface area contributed by atoms with E-state index in [0.717, 1.165) is 6.42 Å². The number of ether oxygens (including phenoxy) is 2. The summed E-state index contributed by atoms with van der Waals surface area (Å²) in [6.45, 7) is 1.47. The molecule has 0 saturated carbocycles. The third-order valence-corrected chi connectivity index (χ3v) is 6.60. The van der Waals surface area contributed by atoms with Gasteiger partial charge in [0.25, 0.3) is 0 Å². The summed E-state index contributed by atoms with van der Waals surface area (Å²) >= 11 is 0. The normalized spacial score (nSPS) is 13.6. The first-order chi connectivity index (χ1) is 19.2. The molecule has 0 fully saturated rings. The molecular formula is C26H31F3N2O9S. The van der Waals surface area contributed by atoms with E-state index in [1.807, 2.05) is 0 Å². The molecule has 226 valence electrons. The molecule has 6 N–H and O–H groups in total. The molecule has 1 aliphatic heterocycles. The van der Waals surface area contributed by atoms with Gasteiger partial charge in [0.15, 0.2) is 0 Å². The second-order valence-corrected chi connectivity index (χ2v) is 10.4. The van der Waals surface area contributed by atoms with Crippen LogP contribution in [0.3, 0.4) is 0 Å². The first kappa shape index (κ1) is 33.5. The Balaban J connectivity index is 0.000000642. The second-order valence-electron chi connectivity index (χ2n) is 8.83. The summed E-state index contributed by atoms with van der Waals surface area (Å²) < 4.78 is 70.6. The number of carboxylic acids is 2. The number of benzene rings is 2. The quantitative estimate of drug-likeness (QED) is 0.168. The highest BCUT2D eigenvalue weighted by Crippen LogP contribution is 2.36. The molecule has 15 heteroatoms. The predicted molar refractivity (Wildman–Crippen MR) is 140 cm³/mol. The Hall–Kier alpha value is -3.66. The number of rotatable bonds is 13. The smallest absolute Gasteiger partial charge is 0.492 e. The topological polar surface area (TPSA) is 185 Å². The average molecular weight is 605 g/mol. The van der Waals surface area contributed by atoms with Crippen LogP contribution in [0.25, 0.3) is 0 Å². The molecule has 0 bridgehead atoms. The number of alkyl halides is 3. The number of hydrogen-bond acceptors (Lipinski definition) is 8. The van der Waals surface area contributed by atoms with Crippen molar-refractivity contribution in [1.29, 1.82) is 0 Å². The van der Waals surface area contributed by atoms with E-state index < -0.39 is 34.4 Å². The Labute approximate surface area is 234 Å². The number of aliphatic hydroxyl groups excluding tert-OH is 1. The summed E-state index contributed by atoms with van der Waals surface area (Å²) in [5.74, 6) is -2.45. The highest BCUT2D eigenvalue weighted by Gasteiger charge is 2.32. The van der Waals surface area contributed by atoms with Crippen LogP contribution in [-0.2, 0) is 32.5 Å². The molecule has 1 aliphatic rings. The lowest BCUT2D eigenvalue weighted by molar-refractivity contribution is -0.274. The van der Waals surface area contributed by atoms with Crippen molar-refractivity contribution in [2.24, 2.45) is 5.14 Å². The Bertz CT molecular complexity index is 1320.